The molecular weight excluding hydrogens is 460 g/mol. The molecule has 0 aliphatic carbocycles. The Kier molecular flexibility index (Phi) is 8.09. The first-order valence-electron chi connectivity index (χ1n) is 11.9. The molecular formula is C29H31ClN2O3. The number of para-hydroxylation sites is 1. The zero-order chi connectivity index (χ0) is 24.7. The van der Waals surface area contributed by atoms with Gasteiger partial charge < -0.3 is 14.5 Å². The molecule has 0 spiro atoms. The fraction of sp³-hybridized carbons (Fsp3) is 0.310. The molecule has 1 atom stereocenters. The number of hydrogen-bond donors (Lipinski definition) is 0. The molecule has 2 amide bonds. The van der Waals surface area contributed by atoms with Crippen LogP contribution in [0.5, 0.6) is 5.75 Å². The average molecular weight is 491 g/mol. The second kappa shape index (κ2) is 11.4. The maximum Gasteiger partial charge on any atom is 0.253 e. The predicted octanol–water partition coefficient (Wildman–Crippen LogP) is 5.69. The van der Waals surface area contributed by atoms with Crippen LogP contribution in [0.15, 0.2) is 84.9 Å². The van der Waals surface area contributed by atoms with E-state index < -0.39 is 5.41 Å². The lowest BCUT2D eigenvalue weighted by Crippen LogP contribution is -2.50. The Bertz CT molecular complexity index is 1120. The van der Waals surface area contributed by atoms with Crippen molar-refractivity contribution in [3.63, 3.8) is 0 Å². The normalized spacial score (nSPS) is 17.6. The van der Waals surface area contributed by atoms with Gasteiger partial charge in [0.05, 0.1) is 6.61 Å². The molecule has 1 unspecified atom stereocenters. The largest absolute Gasteiger partial charge is 0.493 e. The molecule has 1 saturated heterocycles. The van der Waals surface area contributed by atoms with Crippen molar-refractivity contribution in [1.82, 2.24) is 9.80 Å². The molecule has 4 rings (SSSR count). The van der Waals surface area contributed by atoms with Crippen LogP contribution in [0.1, 0.15) is 35.2 Å². The maximum atomic E-state index is 13.4. The van der Waals surface area contributed by atoms with Gasteiger partial charge in [0.2, 0.25) is 5.91 Å². The van der Waals surface area contributed by atoms with Crippen LogP contribution in [0.3, 0.4) is 0 Å². The third kappa shape index (κ3) is 6.64. The van der Waals surface area contributed by atoms with Crippen molar-refractivity contribution in [2.24, 2.45) is 5.41 Å². The number of halogens is 1. The Balaban J connectivity index is 1.51. The molecule has 1 fully saturated rings. The minimum atomic E-state index is -0.474. The van der Waals surface area contributed by atoms with Gasteiger partial charge >= 0.3 is 0 Å². The Morgan fingerprint density at radius 1 is 0.971 bits per heavy atom. The number of ether oxygens (including phenoxy) is 1. The quantitative estimate of drug-likeness (QED) is 0.407. The van der Waals surface area contributed by atoms with Crippen LogP contribution < -0.4 is 4.74 Å². The van der Waals surface area contributed by atoms with Gasteiger partial charge in [-0.15, -0.1) is 0 Å². The number of rotatable bonds is 8. The number of carbonyl (C=O) groups excluding carboxylic acids is 2. The van der Waals surface area contributed by atoms with E-state index in [1.807, 2.05) is 72.6 Å². The summed E-state index contributed by atoms with van der Waals surface area (Å²) in [5, 5.41) is 0.595. The van der Waals surface area contributed by atoms with Gasteiger partial charge in [-0.25, -0.2) is 0 Å². The van der Waals surface area contributed by atoms with Crippen molar-refractivity contribution in [2.45, 2.75) is 25.8 Å². The minimum absolute atomic E-state index is 0.0458. The summed E-state index contributed by atoms with van der Waals surface area (Å²) < 4.78 is 6.17. The van der Waals surface area contributed by atoms with Gasteiger partial charge in [0.15, 0.2) is 0 Å². The van der Waals surface area contributed by atoms with E-state index in [9.17, 15) is 9.59 Å². The van der Waals surface area contributed by atoms with E-state index in [2.05, 4.69) is 0 Å². The summed E-state index contributed by atoms with van der Waals surface area (Å²) in [5.41, 5.74) is 1.21. The van der Waals surface area contributed by atoms with Crippen molar-refractivity contribution < 1.29 is 14.3 Å². The first-order valence-corrected chi connectivity index (χ1v) is 12.3. The predicted molar refractivity (Wildman–Crippen MR) is 138 cm³/mol. The number of piperidine rings is 1. The summed E-state index contributed by atoms with van der Waals surface area (Å²) in [5.74, 6) is 0.764. The number of hydrogen-bond acceptors (Lipinski definition) is 3. The Morgan fingerprint density at radius 2 is 1.63 bits per heavy atom. The second-order valence-corrected chi connectivity index (χ2v) is 9.79. The third-order valence-electron chi connectivity index (χ3n) is 6.54. The van der Waals surface area contributed by atoms with Gasteiger partial charge in [0.25, 0.3) is 5.91 Å². The highest BCUT2D eigenvalue weighted by Crippen LogP contribution is 2.36. The fourth-order valence-corrected chi connectivity index (χ4v) is 4.75. The van der Waals surface area contributed by atoms with E-state index in [4.69, 9.17) is 16.3 Å². The molecule has 0 aromatic heterocycles. The number of amides is 2. The van der Waals surface area contributed by atoms with Gasteiger partial charge in [-0.3, -0.25) is 9.59 Å². The third-order valence-corrected chi connectivity index (χ3v) is 6.79. The molecule has 3 aromatic rings. The van der Waals surface area contributed by atoms with E-state index in [1.54, 1.807) is 29.2 Å². The van der Waals surface area contributed by atoms with Gasteiger partial charge in [0.1, 0.15) is 5.75 Å². The zero-order valence-electron chi connectivity index (χ0n) is 20.0. The average Bonchev–Trinajstić information content (AvgIpc) is 2.89. The van der Waals surface area contributed by atoms with Gasteiger partial charge in [0, 0.05) is 49.1 Å². The number of benzene rings is 3. The van der Waals surface area contributed by atoms with Crippen molar-refractivity contribution in [3.05, 3.63) is 101 Å². The Hall–Kier alpha value is -3.31. The summed E-state index contributed by atoms with van der Waals surface area (Å²) in [6.45, 7) is 2.03. The lowest BCUT2D eigenvalue weighted by Gasteiger charge is -2.43. The van der Waals surface area contributed by atoms with E-state index in [1.165, 1.54) is 0 Å². The summed E-state index contributed by atoms with van der Waals surface area (Å²) in [4.78, 5) is 30.3. The van der Waals surface area contributed by atoms with Gasteiger partial charge in [-0.1, -0.05) is 60.1 Å². The van der Waals surface area contributed by atoms with Crippen LogP contribution in [0.25, 0.3) is 0 Å². The van der Waals surface area contributed by atoms with E-state index in [0.717, 1.165) is 24.2 Å². The van der Waals surface area contributed by atoms with Crippen LogP contribution >= 0.6 is 11.6 Å². The molecule has 0 radical (unpaired) electrons. The Morgan fingerprint density at radius 3 is 2.31 bits per heavy atom. The Labute approximate surface area is 212 Å². The molecule has 1 heterocycles. The molecule has 1 aliphatic rings. The molecule has 1 aliphatic heterocycles. The lowest BCUT2D eigenvalue weighted by atomic mass is 9.77. The number of carbonyl (C=O) groups is 2. The zero-order valence-corrected chi connectivity index (χ0v) is 20.8. The first-order chi connectivity index (χ1) is 16.9. The van der Waals surface area contributed by atoms with Gasteiger partial charge in [-0.2, -0.15) is 0 Å². The molecule has 5 nitrogen and oxygen atoms in total. The van der Waals surface area contributed by atoms with E-state index in [-0.39, 0.29) is 11.8 Å². The molecule has 0 N–H and O–H groups in total. The van der Waals surface area contributed by atoms with E-state index in [0.29, 0.717) is 43.2 Å². The van der Waals surface area contributed by atoms with Crippen molar-refractivity contribution in [1.29, 1.82) is 0 Å². The first kappa shape index (κ1) is 24.8. The van der Waals surface area contributed by atoms with Crippen molar-refractivity contribution >= 4 is 23.4 Å². The van der Waals surface area contributed by atoms with Gasteiger partial charge in [-0.05, 0) is 54.8 Å². The van der Waals surface area contributed by atoms with Crippen LogP contribution in [-0.2, 0) is 11.3 Å². The van der Waals surface area contributed by atoms with E-state index >= 15 is 0 Å². The second-order valence-electron chi connectivity index (χ2n) is 9.35. The molecule has 3 aromatic carbocycles. The summed E-state index contributed by atoms with van der Waals surface area (Å²) in [6, 6.07) is 26.5. The number of likely N-dealkylation sites (tertiary alicyclic amines) is 1. The van der Waals surface area contributed by atoms with Crippen molar-refractivity contribution in [3.8, 4) is 5.75 Å². The summed E-state index contributed by atoms with van der Waals surface area (Å²) in [6.07, 6.45) is 1.94. The molecule has 6 heteroatoms. The molecule has 182 valence electrons. The molecule has 0 saturated carbocycles. The minimum Gasteiger partial charge on any atom is -0.493 e. The van der Waals surface area contributed by atoms with Crippen molar-refractivity contribution in [2.75, 3.05) is 26.7 Å². The number of nitrogens with zero attached hydrogens (tertiary/aromatic N) is 2. The van der Waals surface area contributed by atoms with Crippen LogP contribution in [0, 0.1) is 5.41 Å². The lowest BCUT2D eigenvalue weighted by molar-refractivity contribution is -0.134. The topological polar surface area (TPSA) is 49.9 Å². The smallest absolute Gasteiger partial charge is 0.253 e. The fourth-order valence-electron chi connectivity index (χ4n) is 4.62. The summed E-state index contributed by atoms with van der Waals surface area (Å²) >= 11 is 6.01. The maximum absolute atomic E-state index is 13.4. The van der Waals surface area contributed by atoms with Crippen LogP contribution in [0.2, 0.25) is 5.02 Å². The standard InChI is InChI=1S/C29H31ClN2O3/c1-31(20-23-9-4-2-5-10-23)27(33)19-29(22-35-26-11-6-3-7-12-26)17-8-18-32(21-29)28(34)24-13-15-25(30)16-14-24/h2-7,9-16H,8,17-22H2,1H3. The van der Waals surface area contributed by atoms with Crippen LogP contribution in [0.4, 0.5) is 0 Å². The highest BCUT2D eigenvalue weighted by molar-refractivity contribution is 6.30. The highest BCUT2D eigenvalue weighted by atomic mass is 35.5. The highest BCUT2D eigenvalue weighted by Gasteiger charge is 2.40. The summed E-state index contributed by atoms with van der Waals surface area (Å²) in [7, 11) is 1.83. The van der Waals surface area contributed by atoms with Crippen LogP contribution in [-0.4, -0.2) is 48.4 Å². The monoisotopic (exact) mass is 490 g/mol. The molecule has 35 heavy (non-hydrogen) atoms. The SMILES string of the molecule is CN(Cc1ccccc1)C(=O)CC1(COc2ccccc2)CCCN(C(=O)c2ccc(Cl)cc2)C1. The molecule has 0 bridgehead atoms.